The fourth-order valence-electron chi connectivity index (χ4n) is 3.26. The molecule has 1 N–H and O–H groups in total. The average molecular weight is 491 g/mol. The van der Waals surface area contributed by atoms with Gasteiger partial charge in [-0.05, 0) is 31.5 Å². The van der Waals surface area contributed by atoms with Crippen LogP contribution in [0.15, 0.2) is 18.3 Å². The number of alkyl halides is 3. The summed E-state index contributed by atoms with van der Waals surface area (Å²) in [6, 6.07) is 2.60. The van der Waals surface area contributed by atoms with Crippen molar-refractivity contribution in [1.82, 2.24) is 9.88 Å². The van der Waals surface area contributed by atoms with Gasteiger partial charge in [0.05, 0.1) is 28.7 Å². The van der Waals surface area contributed by atoms with E-state index in [1.54, 1.807) is 24.8 Å². The van der Waals surface area contributed by atoms with Gasteiger partial charge >= 0.3 is 12.1 Å². The van der Waals surface area contributed by atoms with Crippen LogP contribution in [0, 0.1) is 6.92 Å². The van der Waals surface area contributed by atoms with Gasteiger partial charge in [0.2, 0.25) is 5.91 Å². The maximum atomic E-state index is 12.8. The molecule has 0 bridgehead atoms. The number of piperazine rings is 1. The molecular weight excluding hydrogens is 469 g/mol. The summed E-state index contributed by atoms with van der Waals surface area (Å²) in [6.07, 6.45) is -3.73. The van der Waals surface area contributed by atoms with Gasteiger partial charge in [-0.15, -0.1) is 11.3 Å². The summed E-state index contributed by atoms with van der Waals surface area (Å²) in [5, 5.41) is 3.30. The lowest BCUT2D eigenvalue weighted by atomic mass is 10.2. The van der Waals surface area contributed by atoms with E-state index in [-0.39, 0.29) is 24.1 Å². The molecule has 0 unspecified atom stereocenters. The Balaban J connectivity index is 1.53. The molecule has 12 heteroatoms. The van der Waals surface area contributed by atoms with Crippen molar-refractivity contribution in [2.45, 2.75) is 20.0 Å². The number of hydrogen-bond acceptors (Lipinski definition) is 7. The van der Waals surface area contributed by atoms with Crippen LogP contribution in [0.5, 0.6) is 0 Å². The zero-order chi connectivity index (χ0) is 23.5. The zero-order valence-electron chi connectivity index (χ0n) is 17.5. The molecule has 3 rings (SSSR count). The number of ether oxygens (including phenoxy) is 1. The summed E-state index contributed by atoms with van der Waals surface area (Å²) in [7, 11) is 0. The third-order valence-electron chi connectivity index (χ3n) is 4.83. The molecule has 1 aliphatic heterocycles. The van der Waals surface area contributed by atoms with E-state index in [0.717, 1.165) is 29.2 Å². The Morgan fingerprint density at radius 1 is 1.25 bits per heavy atom. The van der Waals surface area contributed by atoms with Crippen molar-refractivity contribution in [2.24, 2.45) is 0 Å². The molecular formula is C20H22ClF3N4O3S. The lowest BCUT2D eigenvalue weighted by Crippen LogP contribution is -2.49. The van der Waals surface area contributed by atoms with Crippen molar-refractivity contribution in [3.05, 3.63) is 39.4 Å². The number of pyridine rings is 1. The molecule has 174 valence electrons. The minimum absolute atomic E-state index is 0.0588. The molecule has 0 spiro atoms. The van der Waals surface area contributed by atoms with Gasteiger partial charge in [0.15, 0.2) is 0 Å². The first-order valence-corrected chi connectivity index (χ1v) is 11.1. The number of aromatic nitrogens is 1. The van der Waals surface area contributed by atoms with Gasteiger partial charge in [-0.1, -0.05) is 11.6 Å². The van der Waals surface area contributed by atoms with Crippen LogP contribution in [-0.4, -0.2) is 61.1 Å². The standard InChI is InChI=1S/C20H22ClF3N4O3S/c1-3-31-19(30)17-12(2)8-16(32-17)26-15(29)11-27-4-6-28(7-5-27)18-14(21)9-13(10-25-18)20(22,23)24/h8-10H,3-7,11H2,1-2H3,(H,26,29). The summed E-state index contributed by atoms with van der Waals surface area (Å²) >= 11 is 7.19. The number of aryl methyl sites for hydroxylation is 1. The van der Waals surface area contributed by atoms with E-state index in [1.807, 2.05) is 4.90 Å². The Labute approximate surface area is 192 Å². The molecule has 1 aliphatic rings. The van der Waals surface area contributed by atoms with Crippen LogP contribution in [0.1, 0.15) is 27.7 Å². The number of nitrogens with zero attached hydrogens (tertiary/aromatic N) is 3. The third-order valence-corrected chi connectivity index (χ3v) is 6.24. The predicted molar refractivity (Wildman–Crippen MR) is 117 cm³/mol. The summed E-state index contributed by atoms with van der Waals surface area (Å²) < 4.78 is 43.4. The number of halogens is 4. The van der Waals surface area contributed by atoms with Crippen LogP contribution in [0.4, 0.5) is 24.0 Å². The second-order valence-corrected chi connectivity index (χ2v) is 8.64. The van der Waals surface area contributed by atoms with Gasteiger partial charge in [-0.2, -0.15) is 13.2 Å². The maximum Gasteiger partial charge on any atom is 0.417 e. The molecule has 0 aromatic carbocycles. The van der Waals surface area contributed by atoms with E-state index in [9.17, 15) is 22.8 Å². The molecule has 0 radical (unpaired) electrons. The van der Waals surface area contributed by atoms with E-state index in [2.05, 4.69) is 10.3 Å². The molecule has 1 fully saturated rings. The molecule has 2 aromatic rings. The summed E-state index contributed by atoms with van der Waals surface area (Å²) in [6.45, 7) is 5.90. The lowest BCUT2D eigenvalue weighted by molar-refractivity contribution is -0.137. The van der Waals surface area contributed by atoms with Crippen LogP contribution in [0.2, 0.25) is 5.02 Å². The Hall–Kier alpha value is -2.37. The predicted octanol–water partition coefficient (Wildman–Crippen LogP) is 4.06. The van der Waals surface area contributed by atoms with Crippen molar-refractivity contribution in [3.63, 3.8) is 0 Å². The van der Waals surface area contributed by atoms with E-state index in [1.165, 1.54) is 0 Å². The second-order valence-electron chi connectivity index (χ2n) is 7.18. The summed E-state index contributed by atoms with van der Waals surface area (Å²) in [4.78, 5) is 32.4. The number of thiophene rings is 1. The van der Waals surface area contributed by atoms with Crippen LogP contribution in [0.25, 0.3) is 0 Å². The van der Waals surface area contributed by atoms with Crippen molar-refractivity contribution < 1.29 is 27.5 Å². The molecule has 2 aromatic heterocycles. The first-order valence-electron chi connectivity index (χ1n) is 9.86. The third kappa shape index (κ3) is 5.90. The maximum absolute atomic E-state index is 12.8. The van der Waals surface area contributed by atoms with Gasteiger partial charge in [0, 0.05) is 32.4 Å². The van der Waals surface area contributed by atoms with Gasteiger partial charge in [0.1, 0.15) is 10.7 Å². The number of esters is 1. The van der Waals surface area contributed by atoms with E-state index >= 15 is 0 Å². The molecule has 0 aliphatic carbocycles. The molecule has 7 nitrogen and oxygen atoms in total. The SMILES string of the molecule is CCOC(=O)c1sc(NC(=O)CN2CCN(c3ncc(C(F)(F)F)cc3Cl)CC2)cc1C. The van der Waals surface area contributed by atoms with Crippen LogP contribution in [0.3, 0.4) is 0 Å². The fourth-order valence-corrected chi connectivity index (χ4v) is 4.53. The minimum atomic E-state index is -4.50. The highest BCUT2D eigenvalue weighted by Gasteiger charge is 2.32. The van der Waals surface area contributed by atoms with Crippen molar-refractivity contribution in [3.8, 4) is 0 Å². The minimum Gasteiger partial charge on any atom is -0.462 e. The van der Waals surface area contributed by atoms with E-state index in [4.69, 9.17) is 16.3 Å². The summed E-state index contributed by atoms with van der Waals surface area (Å²) in [5.41, 5.74) is -0.158. The Morgan fingerprint density at radius 2 is 1.94 bits per heavy atom. The first-order chi connectivity index (χ1) is 15.1. The van der Waals surface area contributed by atoms with Crippen LogP contribution in [-0.2, 0) is 15.7 Å². The van der Waals surface area contributed by atoms with Crippen LogP contribution < -0.4 is 10.2 Å². The smallest absolute Gasteiger partial charge is 0.417 e. The number of anilines is 2. The van der Waals surface area contributed by atoms with Crippen molar-refractivity contribution in [2.75, 3.05) is 49.5 Å². The Bertz CT molecular complexity index is 991. The average Bonchev–Trinajstić information content (AvgIpc) is 3.08. The van der Waals surface area contributed by atoms with E-state index < -0.39 is 17.7 Å². The highest BCUT2D eigenvalue weighted by atomic mass is 35.5. The highest BCUT2D eigenvalue weighted by Crippen LogP contribution is 2.33. The number of nitrogens with one attached hydrogen (secondary N) is 1. The van der Waals surface area contributed by atoms with Gasteiger partial charge < -0.3 is 15.0 Å². The molecule has 1 saturated heterocycles. The molecule has 32 heavy (non-hydrogen) atoms. The fraction of sp³-hybridized carbons (Fsp3) is 0.450. The van der Waals surface area contributed by atoms with Gasteiger partial charge in [-0.3, -0.25) is 9.69 Å². The highest BCUT2D eigenvalue weighted by molar-refractivity contribution is 7.18. The second kappa shape index (κ2) is 10.1. The summed E-state index contributed by atoms with van der Waals surface area (Å²) in [5.74, 6) is -0.340. The molecule has 3 heterocycles. The van der Waals surface area contributed by atoms with Crippen LogP contribution >= 0.6 is 22.9 Å². The van der Waals surface area contributed by atoms with Gasteiger partial charge in [-0.25, -0.2) is 9.78 Å². The monoisotopic (exact) mass is 490 g/mol. The number of carbonyl (C=O) groups excluding carboxylic acids is 2. The molecule has 0 atom stereocenters. The van der Waals surface area contributed by atoms with Gasteiger partial charge in [0.25, 0.3) is 0 Å². The molecule has 0 saturated carbocycles. The normalized spacial score (nSPS) is 15.0. The Kier molecular flexibility index (Phi) is 7.63. The topological polar surface area (TPSA) is 74.8 Å². The number of rotatable bonds is 6. The first kappa shape index (κ1) is 24.3. The number of amides is 1. The van der Waals surface area contributed by atoms with Crippen molar-refractivity contribution >= 4 is 45.6 Å². The quantitative estimate of drug-likeness (QED) is 0.615. The lowest BCUT2D eigenvalue weighted by Gasteiger charge is -2.35. The number of hydrogen-bond donors (Lipinski definition) is 1. The number of carbonyl (C=O) groups is 2. The van der Waals surface area contributed by atoms with E-state index in [0.29, 0.717) is 41.9 Å². The zero-order valence-corrected chi connectivity index (χ0v) is 19.0. The van der Waals surface area contributed by atoms with Crippen molar-refractivity contribution in [1.29, 1.82) is 0 Å². The largest absolute Gasteiger partial charge is 0.462 e. The Morgan fingerprint density at radius 3 is 2.53 bits per heavy atom. The molecule has 1 amide bonds.